The SMILES string of the molecule is CCNC(=NCC(=O)Nc1ccccc1)NC(C)CCC(C)C. The van der Waals surface area contributed by atoms with Crippen molar-refractivity contribution in [2.45, 2.75) is 46.6 Å². The van der Waals surface area contributed by atoms with Crippen LogP contribution in [0.25, 0.3) is 0 Å². The highest BCUT2D eigenvalue weighted by Crippen LogP contribution is 2.06. The van der Waals surface area contributed by atoms with E-state index in [-0.39, 0.29) is 12.5 Å². The third-order valence-electron chi connectivity index (χ3n) is 3.34. The van der Waals surface area contributed by atoms with Crippen molar-refractivity contribution < 1.29 is 4.79 Å². The number of rotatable bonds is 8. The third-order valence-corrected chi connectivity index (χ3v) is 3.34. The topological polar surface area (TPSA) is 65.5 Å². The Hall–Kier alpha value is -2.04. The first-order chi connectivity index (χ1) is 11.0. The average molecular weight is 318 g/mol. The number of amides is 1. The van der Waals surface area contributed by atoms with Gasteiger partial charge in [-0.1, -0.05) is 32.0 Å². The number of benzene rings is 1. The Balaban J connectivity index is 2.48. The number of para-hydroxylation sites is 1. The van der Waals surface area contributed by atoms with E-state index in [4.69, 9.17) is 0 Å². The second-order valence-electron chi connectivity index (χ2n) is 6.13. The van der Waals surface area contributed by atoms with Gasteiger partial charge in [0.25, 0.3) is 0 Å². The maximum absolute atomic E-state index is 11.9. The summed E-state index contributed by atoms with van der Waals surface area (Å²) in [4.78, 5) is 16.3. The van der Waals surface area contributed by atoms with E-state index in [1.807, 2.05) is 37.3 Å². The van der Waals surface area contributed by atoms with Crippen LogP contribution in [0.5, 0.6) is 0 Å². The van der Waals surface area contributed by atoms with Crippen LogP contribution in [0.4, 0.5) is 5.69 Å². The van der Waals surface area contributed by atoms with Crippen molar-refractivity contribution in [1.82, 2.24) is 10.6 Å². The minimum atomic E-state index is -0.122. The summed E-state index contributed by atoms with van der Waals surface area (Å²) in [5, 5.41) is 9.36. The number of carbonyl (C=O) groups is 1. The van der Waals surface area contributed by atoms with E-state index in [0.717, 1.165) is 18.7 Å². The molecule has 128 valence electrons. The minimum Gasteiger partial charge on any atom is -0.357 e. The van der Waals surface area contributed by atoms with E-state index in [2.05, 4.69) is 41.7 Å². The van der Waals surface area contributed by atoms with Crippen molar-refractivity contribution in [3.05, 3.63) is 30.3 Å². The number of nitrogens with one attached hydrogen (secondary N) is 3. The molecule has 0 saturated carbocycles. The molecule has 1 amide bonds. The standard InChI is InChI=1S/C18H30N4O/c1-5-19-18(21-15(4)12-11-14(2)3)20-13-17(23)22-16-9-7-6-8-10-16/h6-10,14-15H,5,11-13H2,1-4H3,(H,22,23)(H2,19,20,21). The van der Waals surface area contributed by atoms with E-state index in [9.17, 15) is 4.79 Å². The molecule has 0 bridgehead atoms. The van der Waals surface area contributed by atoms with Gasteiger partial charge < -0.3 is 16.0 Å². The smallest absolute Gasteiger partial charge is 0.246 e. The van der Waals surface area contributed by atoms with Crippen LogP contribution in [0.1, 0.15) is 40.5 Å². The predicted molar refractivity (Wildman–Crippen MR) is 97.7 cm³/mol. The van der Waals surface area contributed by atoms with Gasteiger partial charge in [-0.05, 0) is 44.7 Å². The molecule has 0 heterocycles. The molecule has 1 atom stereocenters. The highest BCUT2D eigenvalue weighted by molar-refractivity contribution is 5.94. The molecule has 1 unspecified atom stereocenters. The zero-order valence-corrected chi connectivity index (χ0v) is 14.7. The molecule has 5 nitrogen and oxygen atoms in total. The lowest BCUT2D eigenvalue weighted by Gasteiger charge is -2.18. The highest BCUT2D eigenvalue weighted by atomic mass is 16.1. The van der Waals surface area contributed by atoms with Crippen LogP contribution in [0.2, 0.25) is 0 Å². The summed E-state index contributed by atoms with van der Waals surface area (Å²) in [7, 11) is 0. The van der Waals surface area contributed by atoms with Crippen LogP contribution >= 0.6 is 0 Å². The van der Waals surface area contributed by atoms with E-state index in [1.54, 1.807) is 0 Å². The van der Waals surface area contributed by atoms with Crippen LogP contribution in [-0.2, 0) is 4.79 Å². The van der Waals surface area contributed by atoms with Gasteiger partial charge in [0.2, 0.25) is 5.91 Å². The lowest BCUT2D eigenvalue weighted by atomic mass is 10.0. The number of hydrogen-bond acceptors (Lipinski definition) is 2. The fourth-order valence-corrected chi connectivity index (χ4v) is 2.08. The molecule has 3 N–H and O–H groups in total. The van der Waals surface area contributed by atoms with Crippen molar-refractivity contribution in [3.8, 4) is 0 Å². The lowest BCUT2D eigenvalue weighted by molar-refractivity contribution is -0.114. The number of carbonyl (C=O) groups excluding carboxylic acids is 1. The number of aliphatic imine (C=N–C) groups is 1. The molecule has 1 aromatic rings. The van der Waals surface area contributed by atoms with E-state index in [1.165, 1.54) is 6.42 Å². The number of nitrogens with zero attached hydrogens (tertiary/aromatic N) is 1. The zero-order valence-electron chi connectivity index (χ0n) is 14.7. The van der Waals surface area contributed by atoms with Gasteiger partial charge in [0.05, 0.1) is 0 Å². The van der Waals surface area contributed by atoms with Crippen LogP contribution in [0, 0.1) is 5.92 Å². The van der Waals surface area contributed by atoms with Gasteiger partial charge in [-0.15, -0.1) is 0 Å². The number of hydrogen-bond donors (Lipinski definition) is 3. The van der Waals surface area contributed by atoms with Crippen molar-refractivity contribution in [2.75, 3.05) is 18.4 Å². The molecular weight excluding hydrogens is 288 g/mol. The first kappa shape index (κ1) is 19.0. The second kappa shape index (κ2) is 10.6. The maximum atomic E-state index is 11.9. The molecule has 5 heteroatoms. The molecule has 0 aliphatic carbocycles. The first-order valence-corrected chi connectivity index (χ1v) is 8.41. The third kappa shape index (κ3) is 8.86. The fourth-order valence-electron chi connectivity index (χ4n) is 2.08. The van der Waals surface area contributed by atoms with Crippen molar-refractivity contribution in [3.63, 3.8) is 0 Å². The van der Waals surface area contributed by atoms with Crippen molar-refractivity contribution in [2.24, 2.45) is 10.9 Å². The second-order valence-corrected chi connectivity index (χ2v) is 6.13. The molecule has 0 aliphatic heterocycles. The van der Waals surface area contributed by atoms with Crippen LogP contribution in [-0.4, -0.2) is 31.0 Å². The molecule has 23 heavy (non-hydrogen) atoms. The number of guanidine groups is 1. The number of anilines is 1. The average Bonchev–Trinajstić information content (AvgIpc) is 2.52. The summed E-state index contributed by atoms with van der Waals surface area (Å²) < 4.78 is 0. The Bertz CT molecular complexity index is 485. The molecule has 0 radical (unpaired) electrons. The van der Waals surface area contributed by atoms with Crippen molar-refractivity contribution in [1.29, 1.82) is 0 Å². The lowest BCUT2D eigenvalue weighted by Crippen LogP contribution is -2.42. The summed E-state index contributed by atoms with van der Waals surface area (Å²) in [6.07, 6.45) is 2.25. The zero-order chi connectivity index (χ0) is 17.1. The summed E-state index contributed by atoms with van der Waals surface area (Å²) in [5.41, 5.74) is 0.788. The van der Waals surface area contributed by atoms with Gasteiger partial charge in [-0.3, -0.25) is 4.79 Å². The van der Waals surface area contributed by atoms with Gasteiger partial charge >= 0.3 is 0 Å². The molecule has 0 saturated heterocycles. The van der Waals surface area contributed by atoms with Crippen molar-refractivity contribution >= 4 is 17.6 Å². The molecule has 1 aromatic carbocycles. The quantitative estimate of drug-likeness (QED) is 0.510. The van der Waals surface area contributed by atoms with E-state index < -0.39 is 0 Å². The van der Waals surface area contributed by atoms with E-state index >= 15 is 0 Å². The monoisotopic (exact) mass is 318 g/mol. The predicted octanol–water partition coefficient (Wildman–Crippen LogP) is 3.00. The molecule has 0 fully saturated rings. The van der Waals surface area contributed by atoms with Gasteiger partial charge in [0, 0.05) is 18.3 Å². The Morgan fingerprint density at radius 3 is 2.43 bits per heavy atom. The Morgan fingerprint density at radius 2 is 1.83 bits per heavy atom. The molecular formula is C18H30N4O. The molecule has 0 spiro atoms. The fraction of sp³-hybridized carbons (Fsp3) is 0.556. The van der Waals surface area contributed by atoms with Crippen LogP contribution < -0.4 is 16.0 Å². The Morgan fingerprint density at radius 1 is 1.13 bits per heavy atom. The molecule has 0 aliphatic rings. The van der Waals surface area contributed by atoms with E-state index in [0.29, 0.717) is 17.9 Å². The first-order valence-electron chi connectivity index (χ1n) is 8.41. The van der Waals surface area contributed by atoms with Crippen LogP contribution in [0.15, 0.2) is 35.3 Å². The maximum Gasteiger partial charge on any atom is 0.246 e. The molecule has 0 aromatic heterocycles. The summed E-state index contributed by atoms with van der Waals surface area (Å²) in [5.74, 6) is 1.26. The Kier molecular flexibility index (Phi) is 8.80. The van der Waals surface area contributed by atoms with Gasteiger partial charge in [-0.25, -0.2) is 4.99 Å². The highest BCUT2D eigenvalue weighted by Gasteiger charge is 2.07. The van der Waals surface area contributed by atoms with Gasteiger partial charge in [0.15, 0.2) is 5.96 Å². The largest absolute Gasteiger partial charge is 0.357 e. The Labute approximate surface area is 140 Å². The summed E-state index contributed by atoms with van der Waals surface area (Å²) in [6, 6.07) is 9.74. The summed E-state index contributed by atoms with van der Waals surface area (Å²) in [6.45, 7) is 9.46. The minimum absolute atomic E-state index is 0.0983. The van der Waals surface area contributed by atoms with Gasteiger partial charge in [0.1, 0.15) is 6.54 Å². The van der Waals surface area contributed by atoms with Gasteiger partial charge in [-0.2, -0.15) is 0 Å². The van der Waals surface area contributed by atoms with Crippen LogP contribution in [0.3, 0.4) is 0 Å². The normalized spacial score (nSPS) is 12.8. The summed E-state index contributed by atoms with van der Waals surface area (Å²) >= 11 is 0. The molecule has 1 rings (SSSR count).